The zero-order chi connectivity index (χ0) is 17.8. The van der Waals surface area contributed by atoms with Crippen molar-refractivity contribution in [1.29, 1.82) is 0 Å². The van der Waals surface area contributed by atoms with Crippen LogP contribution < -0.4 is 5.73 Å². The SMILES string of the molecule is Cc1noc(C)c1CCC(=O)N1CCCC(Cc2nccnc2N)C1. The maximum atomic E-state index is 12.6. The molecule has 0 radical (unpaired) electrons. The zero-order valence-corrected chi connectivity index (χ0v) is 14.9. The van der Waals surface area contributed by atoms with Gasteiger partial charge in [0.1, 0.15) is 11.6 Å². The van der Waals surface area contributed by atoms with Gasteiger partial charge in [-0.2, -0.15) is 0 Å². The van der Waals surface area contributed by atoms with Crippen molar-refractivity contribution in [2.45, 2.75) is 46.0 Å². The summed E-state index contributed by atoms with van der Waals surface area (Å²) in [6.45, 7) is 5.39. The molecule has 7 heteroatoms. The molecular formula is C18H25N5O2. The molecule has 0 spiro atoms. The number of piperidine rings is 1. The van der Waals surface area contributed by atoms with Gasteiger partial charge in [-0.25, -0.2) is 4.98 Å². The molecule has 3 heterocycles. The van der Waals surface area contributed by atoms with E-state index in [-0.39, 0.29) is 5.91 Å². The average molecular weight is 343 g/mol. The summed E-state index contributed by atoms with van der Waals surface area (Å²) < 4.78 is 5.17. The first-order valence-electron chi connectivity index (χ1n) is 8.79. The smallest absolute Gasteiger partial charge is 0.222 e. The number of amides is 1. The van der Waals surface area contributed by atoms with Crippen LogP contribution in [0.1, 0.15) is 42.0 Å². The van der Waals surface area contributed by atoms with Gasteiger partial charge in [0.2, 0.25) is 5.91 Å². The molecule has 1 saturated heterocycles. The fourth-order valence-corrected chi connectivity index (χ4v) is 3.52. The molecule has 1 aliphatic heterocycles. The number of carbonyl (C=O) groups is 1. The normalized spacial score (nSPS) is 17.7. The minimum absolute atomic E-state index is 0.191. The van der Waals surface area contributed by atoms with Crippen LogP contribution in [0.25, 0.3) is 0 Å². The van der Waals surface area contributed by atoms with E-state index >= 15 is 0 Å². The first-order chi connectivity index (χ1) is 12.0. The minimum atomic E-state index is 0.191. The van der Waals surface area contributed by atoms with Gasteiger partial charge in [0.05, 0.1) is 11.4 Å². The topological polar surface area (TPSA) is 98.1 Å². The second kappa shape index (κ2) is 7.63. The highest BCUT2D eigenvalue weighted by molar-refractivity contribution is 5.76. The lowest BCUT2D eigenvalue weighted by Gasteiger charge is -2.33. The Bertz CT molecular complexity index is 723. The van der Waals surface area contributed by atoms with E-state index in [4.69, 9.17) is 10.3 Å². The van der Waals surface area contributed by atoms with E-state index in [9.17, 15) is 4.79 Å². The van der Waals surface area contributed by atoms with Gasteiger partial charge in [0.15, 0.2) is 0 Å². The average Bonchev–Trinajstić information content (AvgIpc) is 2.93. The lowest BCUT2D eigenvalue weighted by molar-refractivity contribution is -0.132. The van der Waals surface area contributed by atoms with Crippen LogP contribution in [0, 0.1) is 19.8 Å². The number of aryl methyl sites for hydroxylation is 2. The van der Waals surface area contributed by atoms with Gasteiger partial charge in [0, 0.05) is 37.5 Å². The van der Waals surface area contributed by atoms with Crippen molar-refractivity contribution in [3.05, 3.63) is 35.1 Å². The van der Waals surface area contributed by atoms with Crippen LogP contribution in [0.15, 0.2) is 16.9 Å². The van der Waals surface area contributed by atoms with Crippen molar-refractivity contribution < 1.29 is 9.32 Å². The van der Waals surface area contributed by atoms with E-state index in [2.05, 4.69) is 15.1 Å². The van der Waals surface area contributed by atoms with E-state index in [1.165, 1.54) is 0 Å². The molecule has 1 aliphatic rings. The van der Waals surface area contributed by atoms with Crippen LogP contribution in [-0.4, -0.2) is 39.0 Å². The molecule has 2 N–H and O–H groups in total. The number of nitrogen functional groups attached to an aromatic ring is 1. The summed E-state index contributed by atoms with van der Waals surface area (Å²) in [4.78, 5) is 23.0. The Morgan fingerprint density at radius 2 is 2.16 bits per heavy atom. The highest BCUT2D eigenvalue weighted by atomic mass is 16.5. The third-order valence-corrected chi connectivity index (χ3v) is 4.93. The van der Waals surface area contributed by atoms with Crippen molar-refractivity contribution in [1.82, 2.24) is 20.0 Å². The second-order valence-electron chi connectivity index (χ2n) is 6.74. The highest BCUT2D eigenvalue weighted by Crippen LogP contribution is 2.23. The third kappa shape index (κ3) is 4.15. The van der Waals surface area contributed by atoms with Gasteiger partial charge in [-0.3, -0.25) is 9.78 Å². The Hall–Kier alpha value is -2.44. The summed E-state index contributed by atoms with van der Waals surface area (Å²) in [7, 11) is 0. The number of anilines is 1. The second-order valence-corrected chi connectivity index (χ2v) is 6.74. The van der Waals surface area contributed by atoms with E-state index in [0.717, 1.165) is 55.1 Å². The summed E-state index contributed by atoms with van der Waals surface area (Å²) in [5.41, 5.74) is 8.65. The standard InChI is InChI=1S/C18H25N5O2/c1-12-15(13(2)25-22-12)5-6-17(24)23-9-3-4-14(11-23)10-16-18(19)21-8-7-20-16/h7-8,14H,3-6,9-11H2,1-2H3,(H2,19,21). The summed E-state index contributed by atoms with van der Waals surface area (Å²) in [6, 6.07) is 0. The van der Waals surface area contributed by atoms with E-state index in [1.807, 2.05) is 18.7 Å². The number of hydrogen-bond acceptors (Lipinski definition) is 6. The molecule has 2 aromatic rings. The van der Waals surface area contributed by atoms with Crippen LogP contribution in [0.2, 0.25) is 0 Å². The molecule has 7 nitrogen and oxygen atoms in total. The molecule has 134 valence electrons. The van der Waals surface area contributed by atoms with Crippen LogP contribution in [0.3, 0.4) is 0 Å². The number of nitrogens with zero attached hydrogens (tertiary/aromatic N) is 4. The molecule has 1 unspecified atom stereocenters. The number of hydrogen-bond donors (Lipinski definition) is 1. The maximum absolute atomic E-state index is 12.6. The Morgan fingerprint density at radius 1 is 1.36 bits per heavy atom. The predicted molar refractivity (Wildman–Crippen MR) is 93.8 cm³/mol. The van der Waals surface area contributed by atoms with Crippen LogP contribution in [-0.2, 0) is 17.6 Å². The zero-order valence-electron chi connectivity index (χ0n) is 14.9. The van der Waals surface area contributed by atoms with Gasteiger partial charge in [0.25, 0.3) is 0 Å². The third-order valence-electron chi connectivity index (χ3n) is 4.93. The Kier molecular flexibility index (Phi) is 5.31. The summed E-state index contributed by atoms with van der Waals surface area (Å²) in [5.74, 6) is 1.87. The molecule has 1 atom stereocenters. The van der Waals surface area contributed by atoms with Crippen LogP contribution in [0.4, 0.5) is 5.82 Å². The molecule has 25 heavy (non-hydrogen) atoms. The quantitative estimate of drug-likeness (QED) is 0.892. The van der Waals surface area contributed by atoms with E-state index in [0.29, 0.717) is 24.6 Å². The summed E-state index contributed by atoms with van der Waals surface area (Å²) >= 11 is 0. The maximum Gasteiger partial charge on any atom is 0.222 e. The predicted octanol–water partition coefficient (Wildman–Crippen LogP) is 2.08. The molecule has 3 rings (SSSR count). The van der Waals surface area contributed by atoms with Crippen molar-refractivity contribution in [3.63, 3.8) is 0 Å². The number of aromatic nitrogens is 3. The van der Waals surface area contributed by atoms with Gasteiger partial charge >= 0.3 is 0 Å². The van der Waals surface area contributed by atoms with Crippen molar-refractivity contribution >= 4 is 11.7 Å². The lowest BCUT2D eigenvalue weighted by Crippen LogP contribution is -2.40. The van der Waals surface area contributed by atoms with Crippen molar-refractivity contribution in [2.75, 3.05) is 18.8 Å². The summed E-state index contributed by atoms with van der Waals surface area (Å²) in [6.07, 6.45) is 7.31. The van der Waals surface area contributed by atoms with Gasteiger partial charge in [-0.15, -0.1) is 0 Å². The monoisotopic (exact) mass is 343 g/mol. The van der Waals surface area contributed by atoms with E-state index < -0.39 is 0 Å². The number of rotatable bonds is 5. The lowest BCUT2D eigenvalue weighted by atomic mass is 9.93. The molecule has 0 bridgehead atoms. The molecule has 0 aliphatic carbocycles. The number of nitrogens with two attached hydrogens (primary N) is 1. The summed E-state index contributed by atoms with van der Waals surface area (Å²) in [5, 5.41) is 3.95. The largest absolute Gasteiger partial charge is 0.382 e. The highest BCUT2D eigenvalue weighted by Gasteiger charge is 2.25. The molecule has 0 aromatic carbocycles. The molecule has 2 aromatic heterocycles. The Balaban J connectivity index is 1.55. The Labute approximate surface area is 147 Å². The first-order valence-corrected chi connectivity index (χ1v) is 8.79. The minimum Gasteiger partial charge on any atom is -0.382 e. The van der Waals surface area contributed by atoms with E-state index in [1.54, 1.807) is 12.4 Å². The van der Waals surface area contributed by atoms with Crippen molar-refractivity contribution in [3.8, 4) is 0 Å². The molecule has 1 fully saturated rings. The molecule has 0 saturated carbocycles. The van der Waals surface area contributed by atoms with Crippen LogP contribution >= 0.6 is 0 Å². The van der Waals surface area contributed by atoms with Gasteiger partial charge in [-0.1, -0.05) is 5.16 Å². The fraction of sp³-hybridized carbons (Fsp3) is 0.556. The first kappa shape index (κ1) is 17.4. The fourth-order valence-electron chi connectivity index (χ4n) is 3.52. The molecular weight excluding hydrogens is 318 g/mol. The number of carbonyl (C=O) groups excluding carboxylic acids is 1. The van der Waals surface area contributed by atoms with Gasteiger partial charge < -0.3 is 15.2 Å². The Morgan fingerprint density at radius 3 is 2.88 bits per heavy atom. The number of likely N-dealkylation sites (tertiary alicyclic amines) is 1. The molecule has 1 amide bonds. The van der Waals surface area contributed by atoms with Gasteiger partial charge in [-0.05, 0) is 45.4 Å². The van der Waals surface area contributed by atoms with Crippen LogP contribution in [0.5, 0.6) is 0 Å². The van der Waals surface area contributed by atoms with Crippen molar-refractivity contribution in [2.24, 2.45) is 5.92 Å².